The van der Waals surface area contributed by atoms with Crippen LogP contribution < -0.4 is 10.1 Å². The van der Waals surface area contributed by atoms with Gasteiger partial charge in [0.2, 0.25) is 0 Å². The first-order chi connectivity index (χ1) is 9.85. The van der Waals surface area contributed by atoms with Crippen LogP contribution in [-0.2, 0) is 6.42 Å². The topological polar surface area (TPSA) is 41.5 Å². The van der Waals surface area contributed by atoms with Crippen molar-refractivity contribution in [2.75, 3.05) is 13.2 Å². The Labute approximate surface area is 129 Å². The van der Waals surface area contributed by atoms with Gasteiger partial charge < -0.3 is 15.2 Å². The zero-order valence-corrected chi connectivity index (χ0v) is 14.1. The van der Waals surface area contributed by atoms with Gasteiger partial charge in [-0.15, -0.1) is 0 Å². The molecule has 0 saturated heterocycles. The molecule has 0 heterocycles. The Morgan fingerprint density at radius 1 is 1.19 bits per heavy atom. The third-order valence-corrected chi connectivity index (χ3v) is 3.98. The number of ether oxygens (including phenoxy) is 1. The first-order valence-corrected chi connectivity index (χ1v) is 8.02. The zero-order chi connectivity index (χ0) is 15.9. The molecule has 120 valence electrons. The van der Waals surface area contributed by atoms with Gasteiger partial charge in [0.05, 0.1) is 5.60 Å². The molecule has 0 saturated carbocycles. The fraction of sp³-hybridized carbons (Fsp3) is 0.667. The summed E-state index contributed by atoms with van der Waals surface area (Å²) in [6.45, 7) is 11.6. The maximum Gasteiger partial charge on any atom is 0.119 e. The SMILES string of the molecule is CCCNC(C)Cc1ccc(OCC(C)(O)C(C)C)cc1. The summed E-state index contributed by atoms with van der Waals surface area (Å²) >= 11 is 0. The first kappa shape index (κ1) is 18.0. The highest BCUT2D eigenvalue weighted by Gasteiger charge is 2.25. The van der Waals surface area contributed by atoms with E-state index in [0.29, 0.717) is 12.6 Å². The van der Waals surface area contributed by atoms with Crippen molar-refractivity contribution in [3.8, 4) is 5.75 Å². The molecular formula is C18H31NO2. The van der Waals surface area contributed by atoms with Crippen molar-refractivity contribution >= 4 is 0 Å². The normalized spacial score (nSPS) is 15.8. The van der Waals surface area contributed by atoms with Crippen LogP contribution in [0.3, 0.4) is 0 Å². The van der Waals surface area contributed by atoms with Gasteiger partial charge in [0.1, 0.15) is 12.4 Å². The molecule has 1 rings (SSSR count). The molecule has 0 radical (unpaired) electrons. The van der Waals surface area contributed by atoms with Crippen LogP contribution in [0.25, 0.3) is 0 Å². The smallest absolute Gasteiger partial charge is 0.119 e. The Balaban J connectivity index is 2.47. The molecule has 1 aromatic rings. The number of hydrogen-bond acceptors (Lipinski definition) is 3. The van der Waals surface area contributed by atoms with Crippen LogP contribution in [0.15, 0.2) is 24.3 Å². The molecule has 0 fully saturated rings. The van der Waals surface area contributed by atoms with Gasteiger partial charge in [0.25, 0.3) is 0 Å². The molecule has 0 amide bonds. The molecule has 0 bridgehead atoms. The number of nitrogens with one attached hydrogen (secondary N) is 1. The Morgan fingerprint density at radius 2 is 1.81 bits per heavy atom. The average Bonchev–Trinajstić information content (AvgIpc) is 2.44. The third-order valence-electron chi connectivity index (χ3n) is 3.98. The minimum atomic E-state index is -0.794. The monoisotopic (exact) mass is 293 g/mol. The number of hydrogen-bond donors (Lipinski definition) is 2. The van der Waals surface area contributed by atoms with E-state index in [0.717, 1.165) is 25.1 Å². The van der Waals surface area contributed by atoms with Crippen LogP contribution in [0.1, 0.15) is 46.6 Å². The molecule has 2 N–H and O–H groups in total. The van der Waals surface area contributed by atoms with Crippen LogP contribution in [-0.4, -0.2) is 29.9 Å². The van der Waals surface area contributed by atoms with Crippen molar-refractivity contribution in [1.82, 2.24) is 5.32 Å². The predicted octanol–water partition coefficient (Wildman–Crippen LogP) is 3.40. The van der Waals surface area contributed by atoms with Gasteiger partial charge in [-0.3, -0.25) is 0 Å². The molecule has 2 atom stereocenters. The quantitative estimate of drug-likeness (QED) is 0.733. The molecule has 1 aromatic carbocycles. The molecule has 0 spiro atoms. The largest absolute Gasteiger partial charge is 0.491 e. The Hall–Kier alpha value is -1.06. The fourth-order valence-corrected chi connectivity index (χ4v) is 1.93. The third kappa shape index (κ3) is 6.49. The molecular weight excluding hydrogens is 262 g/mol. The molecule has 0 aliphatic carbocycles. The standard InChI is InChI=1S/C18H31NO2/c1-6-11-19-15(4)12-16-7-9-17(10-8-16)21-13-18(5,20)14(2)3/h7-10,14-15,19-20H,6,11-13H2,1-5H3. The van der Waals surface area contributed by atoms with E-state index >= 15 is 0 Å². The van der Waals surface area contributed by atoms with Gasteiger partial charge in [-0.1, -0.05) is 32.9 Å². The van der Waals surface area contributed by atoms with E-state index in [2.05, 4.69) is 31.3 Å². The van der Waals surface area contributed by atoms with Crippen LogP contribution in [0.4, 0.5) is 0 Å². The summed E-state index contributed by atoms with van der Waals surface area (Å²) in [5.74, 6) is 0.983. The highest BCUT2D eigenvalue weighted by molar-refractivity contribution is 5.27. The lowest BCUT2D eigenvalue weighted by Gasteiger charge is -2.27. The molecule has 3 heteroatoms. The van der Waals surface area contributed by atoms with Crippen LogP contribution in [0, 0.1) is 5.92 Å². The molecule has 2 unspecified atom stereocenters. The lowest BCUT2D eigenvalue weighted by atomic mass is 9.94. The van der Waals surface area contributed by atoms with Gasteiger partial charge in [-0.25, -0.2) is 0 Å². The Morgan fingerprint density at radius 3 is 2.33 bits per heavy atom. The highest BCUT2D eigenvalue weighted by atomic mass is 16.5. The van der Waals surface area contributed by atoms with Crippen LogP contribution in [0.2, 0.25) is 0 Å². The molecule has 0 aliphatic heterocycles. The van der Waals surface area contributed by atoms with Gasteiger partial charge in [0, 0.05) is 6.04 Å². The summed E-state index contributed by atoms with van der Waals surface area (Å²) in [6, 6.07) is 8.65. The lowest BCUT2D eigenvalue weighted by Crippen LogP contribution is -2.37. The van der Waals surface area contributed by atoms with Gasteiger partial charge in [-0.2, -0.15) is 0 Å². The minimum absolute atomic E-state index is 0.169. The van der Waals surface area contributed by atoms with E-state index in [1.165, 1.54) is 5.56 Å². The number of aliphatic hydroxyl groups is 1. The summed E-state index contributed by atoms with van der Waals surface area (Å²) in [5.41, 5.74) is 0.506. The maximum absolute atomic E-state index is 10.2. The molecule has 3 nitrogen and oxygen atoms in total. The zero-order valence-electron chi connectivity index (χ0n) is 14.1. The van der Waals surface area contributed by atoms with E-state index in [-0.39, 0.29) is 5.92 Å². The lowest BCUT2D eigenvalue weighted by molar-refractivity contribution is -0.0266. The van der Waals surface area contributed by atoms with Crippen molar-refractivity contribution < 1.29 is 9.84 Å². The van der Waals surface area contributed by atoms with Gasteiger partial charge in [0.15, 0.2) is 0 Å². The van der Waals surface area contributed by atoms with E-state index in [4.69, 9.17) is 4.74 Å². The van der Waals surface area contributed by atoms with Crippen molar-refractivity contribution in [3.63, 3.8) is 0 Å². The fourth-order valence-electron chi connectivity index (χ4n) is 1.93. The summed E-state index contributed by atoms with van der Waals surface area (Å²) in [5, 5.41) is 13.7. The van der Waals surface area contributed by atoms with Crippen molar-refractivity contribution in [2.45, 2.75) is 59.1 Å². The van der Waals surface area contributed by atoms with Crippen LogP contribution in [0.5, 0.6) is 5.75 Å². The average molecular weight is 293 g/mol. The maximum atomic E-state index is 10.2. The van der Waals surface area contributed by atoms with E-state index in [9.17, 15) is 5.11 Å². The van der Waals surface area contributed by atoms with Gasteiger partial charge >= 0.3 is 0 Å². The first-order valence-electron chi connectivity index (χ1n) is 8.02. The second kappa shape index (κ2) is 8.40. The van der Waals surface area contributed by atoms with E-state index in [1.54, 1.807) is 0 Å². The van der Waals surface area contributed by atoms with Crippen molar-refractivity contribution in [2.24, 2.45) is 5.92 Å². The van der Waals surface area contributed by atoms with E-state index in [1.807, 2.05) is 32.9 Å². The number of benzene rings is 1. The summed E-state index contributed by atoms with van der Waals surface area (Å²) < 4.78 is 5.69. The van der Waals surface area contributed by atoms with Gasteiger partial charge in [-0.05, 0) is 56.8 Å². The molecule has 21 heavy (non-hydrogen) atoms. The second-order valence-electron chi connectivity index (χ2n) is 6.50. The summed E-state index contributed by atoms with van der Waals surface area (Å²) in [7, 11) is 0. The van der Waals surface area contributed by atoms with Crippen molar-refractivity contribution in [3.05, 3.63) is 29.8 Å². The number of rotatable bonds is 9. The minimum Gasteiger partial charge on any atom is -0.491 e. The molecule has 0 aliphatic rings. The van der Waals surface area contributed by atoms with Crippen molar-refractivity contribution in [1.29, 1.82) is 0 Å². The van der Waals surface area contributed by atoms with Crippen LogP contribution >= 0.6 is 0 Å². The second-order valence-corrected chi connectivity index (χ2v) is 6.50. The van der Waals surface area contributed by atoms with E-state index < -0.39 is 5.60 Å². The summed E-state index contributed by atoms with van der Waals surface area (Å²) in [6.07, 6.45) is 2.18. The Kier molecular flexibility index (Phi) is 7.20. The predicted molar refractivity (Wildman–Crippen MR) is 88.9 cm³/mol. The Bertz CT molecular complexity index is 398. The highest BCUT2D eigenvalue weighted by Crippen LogP contribution is 2.19. The molecule has 0 aromatic heterocycles. The summed E-state index contributed by atoms with van der Waals surface area (Å²) in [4.78, 5) is 0.